The van der Waals surface area contributed by atoms with Gasteiger partial charge in [0.05, 0.1) is 23.6 Å². The number of aliphatic hydroxyl groups excluding tert-OH is 1. The van der Waals surface area contributed by atoms with Crippen molar-refractivity contribution >= 4 is 33.8 Å². The first-order valence-electron chi connectivity index (χ1n) is 15.9. The van der Waals surface area contributed by atoms with Gasteiger partial charge in [-0.25, -0.2) is 8.42 Å². The normalized spacial score (nSPS) is 16.0. The number of nitrogens with zero attached hydrogens (tertiary/aromatic N) is 1. The standard InChI is InChI=1S/C33H52N4O4S.CH2O2/c1-24(2)13-12-16-33(5,6)34-23-31(38)30(19-26-14-8-7-9-15-26)36-32(39)27-20-28(35-25(3)4)22-29(21-27)37-17-10-11-18-42(37,40)41;2-1-3/h7-9,14-15,20-22,24-25,30-31,34-35,38H,10-13,16-19,23H2,1-6H3,(H,36,39);1H,(H,2,3)/t30-,31+;/m0./s1. The third-order valence-corrected chi connectivity index (χ3v) is 9.59. The second-order valence-corrected chi connectivity index (χ2v) is 15.2. The summed E-state index contributed by atoms with van der Waals surface area (Å²) in [6, 6.07) is 14.5. The van der Waals surface area contributed by atoms with Crippen molar-refractivity contribution in [3.05, 3.63) is 59.7 Å². The molecule has 1 amide bonds. The third-order valence-electron chi connectivity index (χ3n) is 7.72. The Hall–Kier alpha value is -3.15. The Morgan fingerprint density at radius 1 is 1.07 bits per heavy atom. The van der Waals surface area contributed by atoms with Crippen LogP contribution in [0.5, 0.6) is 0 Å². The highest BCUT2D eigenvalue weighted by Gasteiger charge is 2.29. The number of hydrogen-bond donors (Lipinski definition) is 5. The lowest BCUT2D eigenvalue weighted by molar-refractivity contribution is -0.122. The minimum Gasteiger partial charge on any atom is -0.483 e. The van der Waals surface area contributed by atoms with Gasteiger partial charge in [-0.2, -0.15) is 0 Å². The molecule has 1 aliphatic heterocycles. The van der Waals surface area contributed by atoms with Gasteiger partial charge in [-0.3, -0.25) is 13.9 Å². The molecule has 0 radical (unpaired) electrons. The van der Waals surface area contributed by atoms with Crippen molar-refractivity contribution in [2.24, 2.45) is 5.92 Å². The molecule has 0 bridgehead atoms. The number of sulfonamides is 1. The summed E-state index contributed by atoms with van der Waals surface area (Å²) in [6.07, 6.45) is 4.29. The summed E-state index contributed by atoms with van der Waals surface area (Å²) in [6.45, 7) is 13.2. The molecule has 2 aromatic rings. The van der Waals surface area contributed by atoms with Crippen molar-refractivity contribution in [1.29, 1.82) is 0 Å². The van der Waals surface area contributed by atoms with Crippen LogP contribution in [0.15, 0.2) is 48.5 Å². The molecule has 1 heterocycles. The van der Waals surface area contributed by atoms with E-state index in [9.17, 15) is 18.3 Å². The quantitative estimate of drug-likeness (QED) is 0.169. The molecule has 3 rings (SSSR count). The number of aliphatic hydroxyl groups is 1. The van der Waals surface area contributed by atoms with Gasteiger partial charge < -0.3 is 26.2 Å². The zero-order valence-corrected chi connectivity index (χ0v) is 28.6. The van der Waals surface area contributed by atoms with Crippen LogP contribution in [0.2, 0.25) is 0 Å². The molecule has 45 heavy (non-hydrogen) atoms. The van der Waals surface area contributed by atoms with Gasteiger partial charge in [0.1, 0.15) is 0 Å². The van der Waals surface area contributed by atoms with Crippen LogP contribution in [0.3, 0.4) is 0 Å². The van der Waals surface area contributed by atoms with E-state index in [4.69, 9.17) is 9.90 Å². The van der Waals surface area contributed by atoms with Gasteiger partial charge >= 0.3 is 0 Å². The van der Waals surface area contributed by atoms with Crippen LogP contribution >= 0.6 is 0 Å². The van der Waals surface area contributed by atoms with E-state index in [-0.39, 0.29) is 29.7 Å². The van der Waals surface area contributed by atoms with Crippen LogP contribution in [0, 0.1) is 5.92 Å². The van der Waals surface area contributed by atoms with Crippen LogP contribution in [0.4, 0.5) is 11.4 Å². The van der Waals surface area contributed by atoms with Gasteiger partial charge in [-0.05, 0) is 83.1 Å². The predicted molar refractivity (Wildman–Crippen MR) is 182 cm³/mol. The van der Waals surface area contributed by atoms with Gasteiger partial charge in [-0.15, -0.1) is 0 Å². The average Bonchev–Trinajstić information content (AvgIpc) is 2.95. The molecular weight excluding hydrogens is 592 g/mol. The van der Waals surface area contributed by atoms with Gasteiger partial charge in [0.25, 0.3) is 12.4 Å². The highest BCUT2D eigenvalue weighted by atomic mass is 32.2. The average molecular weight is 647 g/mol. The third kappa shape index (κ3) is 13.4. The van der Waals surface area contributed by atoms with Gasteiger partial charge in [0.2, 0.25) is 10.0 Å². The molecule has 1 saturated heterocycles. The van der Waals surface area contributed by atoms with Gasteiger partial charge in [-0.1, -0.05) is 57.0 Å². The fraction of sp³-hybridized carbons (Fsp3) is 0.588. The second-order valence-electron chi connectivity index (χ2n) is 13.2. The SMILES string of the molecule is CC(C)CCCC(C)(C)NC[C@@H](O)[C@H](Cc1ccccc1)NC(=O)c1cc(NC(C)C)cc(N2CCCCS2(=O)=O)c1.O=CO. The van der Waals surface area contributed by atoms with Crippen molar-refractivity contribution in [3.8, 4) is 0 Å². The zero-order valence-electron chi connectivity index (χ0n) is 27.8. The van der Waals surface area contributed by atoms with E-state index < -0.39 is 22.2 Å². The molecule has 0 aromatic heterocycles. The molecule has 11 heteroatoms. The summed E-state index contributed by atoms with van der Waals surface area (Å²) < 4.78 is 27.2. The smallest absolute Gasteiger partial charge is 0.290 e. The first-order valence-corrected chi connectivity index (χ1v) is 17.6. The van der Waals surface area contributed by atoms with Crippen molar-refractivity contribution in [2.75, 3.05) is 28.5 Å². The predicted octanol–water partition coefficient (Wildman–Crippen LogP) is 5.03. The van der Waals surface area contributed by atoms with Crippen molar-refractivity contribution in [2.45, 2.75) is 104 Å². The summed E-state index contributed by atoms with van der Waals surface area (Å²) in [5.74, 6) is 0.401. The molecule has 5 N–H and O–H groups in total. The lowest BCUT2D eigenvalue weighted by Crippen LogP contribution is -2.52. The first-order chi connectivity index (χ1) is 21.2. The molecule has 2 aromatic carbocycles. The summed E-state index contributed by atoms with van der Waals surface area (Å²) in [5.41, 5.74) is 2.37. The number of nitrogens with one attached hydrogen (secondary N) is 3. The summed E-state index contributed by atoms with van der Waals surface area (Å²) in [7, 11) is -3.45. The number of carbonyl (C=O) groups excluding carboxylic acids is 1. The molecule has 10 nitrogen and oxygen atoms in total. The van der Waals surface area contributed by atoms with E-state index >= 15 is 0 Å². The Kier molecular flexibility index (Phi) is 15.3. The molecule has 1 fully saturated rings. The molecule has 0 unspecified atom stereocenters. The van der Waals surface area contributed by atoms with Crippen molar-refractivity contribution in [1.82, 2.24) is 10.6 Å². The Morgan fingerprint density at radius 3 is 2.33 bits per heavy atom. The lowest BCUT2D eigenvalue weighted by Gasteiger charge is -2.31. The maximum absolute atomic E-state index is 13.8. The number of anilines is 2. The number of carboxylic acid groups (broad SMARTS) is 1. The number of benzene rings is 2. The Bertz CT molecular complexity index is 1300. The van der Waals surface area contributed by atoms with Crippen LogP contribution < -0.4 is 20.3 Å². The zero-order chi connectivity index (χ0) is 33.6. The van der Waals surface area contributed by atoms with E-state index in [2.05, 4.69) is 43.6 Å². The highest BCUT2D eigenvalue weighted by molar-refractivity contribution is 7.92. The number of amides is 1. The summed E-state index contributed by atoms with van der Waals surface area (Å²) >= 11 is 0. The highest BCUT2D eigenvalue weighted by Crippen LogP contribution is 2.28. The first kappa shape index (κ1) is 38.0. The molecule has 0 saturated carbocycles. The van der Waals surface area contributed by atoms with E-state index in [1.54, 1.807) is 18.2 Å². The van der Waals surface area contributed by atoms with Crippen LogP contribution in [0.1, 0.15) is 89.6 Å². The molecular formula is C34H54N4O6S. The Balaban J connectivity index is 0.00000226. The number of carbonyl (C=O) groups is 2. The largest absolute Gasteiger partial charge is 0.483 e. The maximum Gasteiger partial charge on any atom is 0.290 e. The van der Waals surface area contributed by atoms with Gasteiger partial charge in [0.15, 0.2) is 0 Å². The summed E-state index contributed by atoms with van der Waals surface area (Å²) in [4.78, 5) is 22.1. The molecule has 252 valence electrons. The lowest BCUT2D eigenvalue weighted by atomic mass is 9.93. The second kappa shape index (κ2) is 18.1. The van der Waals surface area contributed by atoms with Crippen LogP contribution in [-0.4, -0.2) is 73.6 Å². The molecule has 1 aliphatic rings. The van der Waals surface area contributed by atoms with Crippen molar-refractivity contribution in [3.63, 3.8) is 0 Å². The Morgan fingerprint density at radius 2 is 1.73 bits per heavy atom. The molecule has 2 atom stereocenters. The monoisotopic (exact) mass is 646 g/mol. The van der Waals surface area contributed by atoms with Crippen LogP contribution in [0.25, 0.3) is 0 Å². The van der Waals surface area contributed by atoms with E-state index in [1.165, 1.54) is 4.31 Å². The van der Waals surface area contributed by atoms with E-state index in [0.717, 1.165) is 31.2 Å². The Labute approximate surface area is 270 Å². The molecule has 0 aliphatic carbocycles. The van der Waals surface area contributed by atoms with E-state index in [1.807, 2.05) is 44.2 Å². The van der Waals surface area contributed by atoms with Crippen LogP contribution in [-0.2, 0) is 21.2 Å². The topological polar surface area (TPSA) is 148 Å². The number of β-amino-alcohol motifs (C(OH)–C–C–N with tert-alkyl or cyclic N) is 1. The van der Waals surface area contributed by atoms with E-state index in [0.29, 0.717) is 48.8 Å². The minimum atomic E-state index is -3.45. The fourth-order valence-electron chi connectivity index (χ4n) is 5.35. The maximum atomic E-state index is 13.8. The van der Waals surface area contributed by atoms with Gasteiger partial charge in [0, 0.05) is 35.9 Å². The minimum absolute atomic E-state index is 0.0942. The summed E-state index contributed by atoms with van der Waals surface area (Å²) in [5, 5.41) is 28.2. The fourth-order valence-corrected chi connectivity index (χ4v) is 6.97. The molecule has 0 spiro atoms. The number of rotatable bonds is 15. The van der Waals surface area contributed by atoms with Crippen molar-refractivity contribution < 1.29 is 28.2 Å². The number of hydrogen-bond acceptors (Lipinski definition) is 7.